The van der Waals surface area contributed by atoms with Crippen LogP contribution in [0.5, 0.6) is 0 Å². The zero-order chi connectivity index (χ0) is 11.7. The largest absolute Gasteiger partial charge is 0.465 e. The highest BCUT2D eigenvalue weighted by atomic mass is 16.5. The zero-order valence-corrected chi connectivity index (χ0v) is 8.86. The molecule has 0 aliphatic rings. The lowest BCUT2D eigenvalue weighted by atomic mass is 10.1. The smallest absolute Gasteiger partial charge is 0.330 e. The highest BCUT2D eigenvalue weighted by Crippen LogP contribution is 1.99. The van der Waals surface area contributed by atoms with Crippen LogP contribution in [0.1, 0.15) is 13.8 Å². The fourth-order valence-electron chi connectivity index (χ4n) is 0.813. The number of carbonyl (C=O) groups excluding carboxylic acids is 2. The van der Waals surface area contributed by atoms with Gasteiger partial charge in [-0.2, -0.15) is 0 Å². The maximum absolute atomic E-state index is 11.2. The van der Waals surface area contributed by atoms with Gasteiger partial charge in [0.25, 0.3) is 0 Å². The molecule has 1 atom stereocenters. The fourth-order valence-corrected chi connectivity index (χ4v) is 0.813. The van der Waals surface area contributed by atoms with Gasteiger partial charge in [-0.25, -0.2) is 4.79 Å². The maximum Gasteiger partial charge on any atom is 0.330 e. The highest BCUT2D eigenvalue weighted by Gasteiger charge is 2.13. The molecular weight excluding hydrogens is 198 g/mol. The standard InChI is InChI=1S/C10H15NO4/c1-3-14-9(12)6-5-8(7-11)10(13)15-4-2/h5-8,11H,3-4H2,1-2H3. The lowest BCUT2D eigenvalue weighted by Crippen LogP contribution is -2.17. The molecule has 0 saturated carbocycles. The Bertz CT molecular complexity index is 260. The average Bonchev–Trinajstić information content (AvgIpc) is 2.19. The van der Waals surface area contributed by atoms with Crippen molar-refractivity contribution in [3.8, 4) is 0 Å². The van der Waals surface area contributed by atoms with Crippen LogP contribution in [0.3, 0.4) is 0 Å². The molecule has 0 aromatic heterocycles. The first kappa shape index (κ1) is 13.4. The SMILES string of the molecule is CCOC(=O)C=CC(C=N)C(=O)OCC. The van der Waals surface area contributed by atoms with E-state index < -0.39 is 17.9 Å². The van der Waals surface area contributed by atoms with Gasteiger partial charge in [-0.3, -0.25) is 4.79 Å². The Morgan fingerprint density at radius 3 is 2.33 bits per heavy atom. The van der Waals surface area contributed by atoms with Gasteiger partial charge in [0.1, 0.15) is 5.92 Å². The molecule has 0 radical (unpaired) electrons. The van der Waals surface area contributed by atoms with Crippen molar-refractivity contribution in [1.29, 1.82) is 5.41 Å². The van der Waals surface area contributed by atoms with E-state index in [1.165, 1.54) is 6.08 Å². The molecule has 0 fully saturated rings. The molecule has 0 aromatic rings. The summed E-state index contributed by atoms with van der Waals surface area (Å²) in [4.78, 5) is 22.1. The molecule has 0 heterocycles. The van der Waals surface area contributed by atoms with Gasteiger partial charge in [0.05, 0.1) is 13.2 Å². The number of nitrogens with one attached hydrogen (secondary N) is 1. The first-order valence-corrected chi connectivity index (χ1v) is 4.67. The Morgan fingerprint density at radius 1 is 1.27 bits per heavy atom. The molecule has 5 heteroatoms. The summed E-state index contributed by atoms with van der Waals surface area (Å²) < 4.78 is 9.32. The summed E-state index contributed by atoms with van der Waals surface area (Å²) in [6, 6.07) is 0. The molecule has 84 valence electrons. The number of esters is 2. The minimum atomic E-state index is -0.825. The molecule has 1 N–H and O–H groups in total. The van der Waals surface area contributed by atoms with E-state index in [1.54, 1.807) is 13.8 Å². The summed E-state index contributed by atoms with van der Waals surface area (Å²) in [5.74, 6) is -1.91. The summed E-state index contributed by atoms with van der Waals surface area (Å²) >= 11 is 0. The predicted molar refractivity (Wildman–Crippen MR) is 54.7 cm³/mol. The minimum Gasteiger partial charge on any atom is -0.465 e. The molecule has 0 aliphatic carbocycles. The third kappa shape index (κ3) is 5.61. The molecule has 0 spiro atoms. The van der Waals surface area contributed by atoms with Crippen LogP contribution in [0.2, 0.25) is 0 Å². The topological polar surface area (TPSA) is 76.5 Å². The van der Waals surface area contributed by atoms with Gasteiger partial charge in [-0.15, -0.1) is 0 Å². The minimum absolute atomic E-state index is 0.246. The highest BCUT2D eigenvalue weighted by molar-refractivity contribution is 5.92. The number of rotatable bonds is 6. The second-order valence-corrected chi connectivity index (χ2v) is 2.56. The van der Waals surface area contributed by atoms with Crippen molar-refractivity contribution < 1.29 is 19.1 Å². The summed E-state index contributed by atoms with van der Waals surface area (Å²) in [6.45, 7) is 3.88. The second-order valence-electron chi connectivity index (χ2n) is 2.56. The number of ether oxygens (including phenoxy) is 2. The van der Waals surface area contributed by atoms with E-state index in [-0.39, 0.29) is 13.2 Å². The third-order valence-electron chi connectivity index (χ3n) is 1.46. The van der Waals surface area contributed by atoms with Crippen LogP contribution in [0.4, 0.5) is 0 Å². The molecule has 0 bridgehead atoms. The number of hydrogen-bond donors (Lipinski definition) is 1. The molecule has 0 aromatic carbocycles. The van der Waals surface area contributed by atoms with Crippen LogP contribution in [-0.2, 0) is 19.1 Å². The summed E-state index contributed by atoms with van der Waals surface area (Å²) in [5, 5.41) is 6.99. The van der Waals surface area contributed by atoms with Crippen molar-refractivity contribution in [1.82, 2.24) is 0 Å². The molecule has 0 rings (SSSR count). The molecule has 1 unspecified atom stereocenters. The first-order chi connectivity index (χ1) is 7.15. The lowest BCUT2D eigenvalue weighted by Gasteiger charge is -2.05. The van der Waals surface area contributed by atoms with E-state index in [1.807, 2.05) is 0 Å². The van der Waals surface area contributed by atoms with Crippen LogP contribution in [0.25, 0.3) is 0 Å². The van der Waals surface area contributed by atoms with Crippen LogP contribution >= 0.6 is 0 Å². The average molecular weight is 213 g/mol. The summed E-state index contributed by atoms with van der Waals surface area (Å²) in [5.41, 5.74) is 0. The van der Waals surface area contributed by atoms with Crippen LogP contribution in [0.15, 0.2) is 12.2 Å². The van der Waals surface area contributed by atoms with Crippen molar-refractivity contribution in [2.24, 2.45) is 5.92 Å². The van der Waals surface area contributed by atoms with E-state index >= 15 is 0 Å². The van der Waals surface area contributed by atoms with Crippen molar-refractivity contribution in [3.05, 3.63) is 12.2 Å². The van der Waals surface area contributed by atoms with E-state index in [0.717, 1.165) is 12.3 Å². The normalized spacial score (nSPS) is 12.1. The number of carbonyl (C=O) groups is 2. The van der Waals surface area contributed by atoms with Gasteiger partial charge in [0.15, 0.2) is 0 Å². The maximum atomic E-state index is 11.2. The Morgan fingerprint density at radius 2 is 1.87 bits per heavy atom. The van der Waals surface area contributed by atoms with Gasteiger partial charge in [0, 0.05) is 12.3 Å². The fraction of sp³-hybridized carbons (Fsp3) is 0.500. The van der Waals surface area contributed by atoms with Crippen molar-refractivity contribution in [3.63, 3.8) is 0 Å². The van der Waals surface area contributed by atoms with Gasteiger partial charge < -0.3 is 14.9 Å². The van der Waals surface area contributed by atoms with Crippen molar-refractivity contribution in [2.45, 2.75) is 13.8 Å². The molecule has 0 amide bonds. The van der Waals surface area contributed by atoms with Gasteiger partial charge in [-0.05, 0) is 13.8 Å². The quantitative estimate of drug-likeness (QED) is 0.404. The summed E-state index contributed by atoms with van der Waals surface area (Å²) in [7, 11) is 0. The number of hydrogen-bond acceptors (Lipinski definition) is 5. The Balaban J connectivity index is 4.25. The Hall–Kier alpha value is -1.65. The van der Waals surface area contributed by atoms with E-state index in [4.69, 9.17) is 10.1 Å². The molecule has 0 saturated heterocycles. The predicted octanol–water partition coefficient (Wildman–Crippen LogP) is 0.935. The van der Waals surface area contributed by atoms with Crippen LogP contribution in [0, 0.1) is 11.3 Å². The molecule has 0 aliphatic heterocycles. The van der Waals surface area contributed by atoms with Crippen LogP contribution < -0.4 is 0 Å². The third-order valence-corrected chi connectivity index (χ3v) is 1.46. The lowest BCUT2D eigenvalue weighted by molar-refractivity contribution is -0.144. The Labute approximate surface area is 88.6 Å². The monoisotopic (exact) mass is 213 g/mol. The van der Waals surface area contributed by atoms with Crippen molar-refractivity contribution >= 4 is 18.2 Å². The molecule has 5 nitrogen and oxygen atoms in total. The van der Waals surface area contributed by atoms with E-state index in [0.29, 0.717) is 0 Å². The second kappa shape index (κ2) is 7.73. The zero-order valence-electron chi connectivity index (χ0n) is 8.86. The Kier molecular flexibility index (Phi) is 6.88. The van der Waals surface area contributed by atoms with E-state index in [9.17, 15) is 9.59 Å². The van der Waals surface area contributed by atoms with Crippen LogP contribution in [-0.4, -0.2) is 31.4 Å². The van der Waals surface area contributed by atoms with Crippen molar-refractivity contribution in [2.75, 3.05) is 13.2 Å². The van der Waals surface area contributed by atoms with Gasteiger partial charge in [0.2, 0.25) is 0 Å². The molecular formula is C10H15NO4. The summed E-state index contributed by atoms with van der Waals surface area (Å²) in [6.07, 6.45) is 3.31. The van der Waals surface area contributed by atoms with E-state index in [2.05, 4.69) is 4.74 Å². The van der Waals surface area contributed by atoms with Gasteiger partial charge >= 0.3 is 11.9 Å². The van der Waals surface area contributed by atoms with Gasteiger partial charge in [-0.1, -0.05) is 6.08 Å². The molecule has 15 heavy (non-hydrogen) atoms. The first-order valence-electron chi connectivity index (χ1n) is 4.67.